The first-order valence-electron chi connectivity index (χ1n) is 7.83. The van der Waals surface area contributed by atoms with Crippen LogP contribution in [-0.2, 0) is 14.4 Å². The zero-order chi connectivity index (χ0) is 20.4. The van der Waals surface area contributed by atoms with E-state index in [0.717, 1.165) is 22.2 Å². The van der Waals surface area contributed by atoms with Crippen molar-refractivity contribution in [3.63, 3.8) is 0 Å². The summed E-state index contributed by atoms with van der Waals surface area (Å²) in [6.45, 7) is 0. The van der Waals surface area contributed by atoms with Gasteiger partial charge < -0.3 is 14.6 Å². The first-order chi connectivity index (χ1) is 13.3. The van der Waals surface area contributed by atoms with Crippen molar-refractivity contribution in [2.75, 3.05) is 0 Å². The molecule has 0 spiro atoms. The maximum atomic E-state index is 12.6. The number of furan rings is 1. The summed E-state index contributed by atoms with van der Waals surface area (Å²) >= 11 is 11.9. The molecule has 1 unspecified atom stereocenters. The molecule has 1 aliphatic heterocycles. The van der Waals surface area contributed by atoms with Crippen molar-refractivity contribution in [2.45, 2.75) is 12.5 Å². The molecule has 1 aliphatic rings. The second kappa shape index (κ2) is 8.17. The third-order valence-corrected chi connectivity index (χ3v) is 5.36. The highest BCUT2D eigenvalue weighted by molar-refractivity contribution is 8.26. The van der Waals surface area contributed by atoms with Gasteiger partial charge in [0.25, 0.3) is 5.91 Å². The van der Waals surface area contributed by atoms with Gasteiger partial charge in [-0.15, -0.1) is 0 Å². The van der Waals surface area contributed by atoms with Gasteiger partial charge in [-0.2, -0.15) is 0 Å². The molecule has 0 aliphatic carbocycles. The average molecular weight is 438 g/mol. The van der Waals surface area contributed by atoms with Crippen molar-refractivity contribution in [1.29, 1.82) is 0 Å². The number of amides is 1. The summed E-state index contributed by atoms with van der Waals surface area (Å²) in [5, 5.41) is 18.7. The normalized spacial score (nSPS) is 16.6. The van der Waals surface area contributed by atoms with Gasteiger partial charge in [-0.25, -0.2) is 4.79 Å². The minimum atomic E-state index is -1.57. The van der Waals surface area contributed by atoms with Crippen LogP contribution in [0, 0.1) is 0 Å². The summed E-state index contributed by atoms with van der Waals surface area (Å²) in [4.78, 5) is 35.9. The Morgan fingerprint density at radius 2 is 2.04 bits per heavy atom. The zero-order valence-electron chi connectivity index (χ0n) is 14.0. The summed E-state index contributed by atoms with van der Waals surface area (Å²) in [6.07, 6.45) is 0.682. The number of hydrogen-bond acceptors (Lipinski definition) is 6. The van der Waals surface area contributed by atoms with Crippen LogP contribution in [0.3, 0.4) is 0 Å². The van der Waals surface area contributed by atoms with Crippen LogP contribution in [0.25, 0.3) is 17.4 Å². The van der Waals surface area contributed by atoms with Crippen LogP contribution < -0.4 is 0 Å². The van der Waals surface area contributed by atoms with Gasteiger partial charge in [0.1, 0.15) is 21.9 Å². The number of halogens is 1. The summed E-state index contributed by atoms with van der Waals surface area (Å²) in [6, 6.07) is 8.84. The van der Waals surface area contributed by atoms with E-state index in [9.17, 15) is 19.5 Å². The van der Waals surface area contributed by atoms with Crippen LogP contribution in [-0.4, -0.2) is 43.3 Å². The van der Waals surface area contributed by atoms with E-state index >= 15 is 0 Å². The fourth-order valence-electron chi connectivity index (χ4n) is 2.56. The smallest absolute Gasteiger partial charge is 0.327 e. The van der Waals surface area contributed by atoms with E-state index < -0.39 is 30.3 Å². The number of nitrogens with zero attached hydrogens (tertiary/aromatic N) is 1. The first kappa shape index (κ1) is 20.1. The lowest BCUT2D eigenvalue weighted by molar-refractivity contribution is -0.150. The number of thioether (sulfide) groups is 1. The number of carboxylic acid groups (broad SMARTS) is 2. The molecule has 0 saturated carbocycles. The second-order valence-electron chi connectivity index (χ2n) is 5.72. The molecule has 1 fully saturated rings. The van der Waals surface area contributed by atoms with Gasteiger partial charge in [-0.1, -0.05) is 47.7 Å². The van der Waals surface area contributed by atoms with Gasteiger partial charge in [0.05, 0.1) is 11.3 Å². The van der Waals surface area contributed by atoms with Crippen LogP contribution >= 0.6 is 35.6 Å². The molecule has 1 aromatic heterocycles. The molecule has 2 aromatic rings. The number of benzene rings is 1. The lowest BCUT2D eigenvalue weighted by Crippen LogP contribution is -2.45. The van der Waals surface area contributed by atoms with Crippen molar-refractivity contribution >= 4 is 63.8 Å². The topological polar surface area (TPSA) is 108 Å². The number of carbonyl (C=O) groups excluding carboxylic acids is 1. The number of hydrogen-bond donors (Lipinski definition) is 2. The highest BCUT2D eigenvalue weighted by Crippen LogP contribution is 2.35. The average Bonchev–Trinajstić information content (AvgIpc) is 3.18. The van der Waals surface area contributed by atoms with Gasteiger partial charge in [-0.3, -0.25) is 14.5 Å². The molecule has 7 nitrogen and oxygen atoms in total. The Morgan fingerprint density at radius 3 is 2.68 bits per heavy atom. The molecular weight excluding hydrogens is 426 g/mol. The van der Waals surface area contributed by atoms with Crippen LogP contribution in [0.4, 0.5) is 0 Å². The number of carbonyl (C=O) groups is 3. The summed E-state index contributed by atoms with van der Waals surface area (Å²) in [5.41, 5.74) is 0.757. The van der Waals surface area contributed by atoms with Gasteiger partial charge in [0, 0.05) is 16.7 Å². The van der Waals surface area contributed by atoms with Gasteiger partial charge >= 0.3 is 11.9 Å². The van der Waals surface area contributed by atoms with Crippen molar-refractivity contribution < 1.29 is 29.0 Å². The molecule has 2 heterocycles. The Labute approximate surface area is 173 Å². The Hall–Kier alpha value is -2.62. The molecule has 1 atom stereocenters. The van der Waals surface area contributed by atoms with E-state index in [1.54, 1.807) is 30.3 Å². The lowest BCUT2D eigenvalue weighted by Gasteiger charge is -2.21. The molecule has 3 rings (SSSR count). The fraction of sp³-hybridized carbons (Fsp3) is 0.111. The van der Waals surface area contributed by atoms with Crippen molar-refractivity contribution in [1.82, 2.24) is 4.90 Å². The molecule has 28 heavy (non-hydrogen) atoms. The van der Waals surface area contributed by atoms with Crippen molar-refractivity contribution in [2.24, 2.45) is 0 Å². The number of carboxylic acids is 2. The summed E-state index contributed by atoms with van der Waals surface area (Å²) in [5.74, 6) is -2.56. The number of rotatable bonds is 6. The van der Waals surface area contributed by atoms with E-state index in [1.165, 1.54) is 6.08 Å². The van der Waals surface area contributed by atoms with Crippen molar-refractivity contribution in [3.8, 4) is 11.3 Å². The maximum Gasteiger partial charge on any atom is 0.327 e. The molecule has 1 saturated heterocycles. The Bertz CT molecular complexity index is 1020. The Kier molecular flexibility index (Phi) is 5.87. The van der Waals surface area contributed by atoms with Crippen LogP contribution in [0.5, 0.6) is 0 Å². The van der Waals surface area contributed by atoms with E-state index in [-0.39, 0.29) is 9.23 Å². The third-order valence-electron chi connectivity index (χ3n) is 3.80. The largest absolute Gasteiger partial charge is 0.481 e. The molecular formula is C18H12ClNO6S2. The highest BCUT2D eigenvalue weighted by Gasteiger charge is 2.41. The van der Waals surface area contributed by atoms with E-state index in [2.05, 4.69) is 0 Å². The molecule has 10 heteroatoms. The second-order valence-corrected chi connectivity index (χ2v) is 7.83. The zero-order valence-corrected chi connectivity index (χ0v) is 16.4. The van der Waals surface area contributed by atoms with Crippen LogP contribution in [0.2, 0.25) is 5.02 Å². The van der Waals surface area contributed by atoms with E-state index in [1.807, 2.05) is 6.07 Å². The van der Waals surface area contributed by atoms with Crippen molar-refractivity contribution in [3.05, 3.63) is 52.1 Å². The van der Waals surface area contributed by atoms with E-state index in [0.29, 0.717) is 16.5 Å². The van der Waals surface area contributed by atoms with Gasteiger partial charge in [0.2, 0.25) is 0 Å². The standard InChI is InChI=1S/C18H12ClNO6S2/c19-10-3-1-2-9(6-10)13-5-4-11(26-13)7-14-16(23)20(18(27)28-14)12(17(24)25)8-15(21)22/h1-7,12H,8H2,(H,21,22)(H,24,25). The monoisotopic (exact) mass is 437 g/mol. The molecule has 144 valence electrons. The number of thiocarbonyl (C=S) groups is 1. The van der Waals surface area contributed by atoms with Crippen LogP contribution in [0.15, 0.2) is 45.7 Å². The molecule has 0 bridgehead atoms. The summed E-state index contributed by atoms with van der Waals surface area (Å²) < 4.78 is 5.68. The van der Waals surface area contributed by atoms with Gasteiger partial charge in [-0.05, 0) is 24.3 Å². The Balaban J connectivity index is 1.86. The molecule has 1 aromatic carbocycles. The Morgan fingerprint density at radius 1 is 1.29 bits per heavy atom. The predicted molar refractivity (Wildman–Crippen MR) is 108 cm³/mol. The predicted octanol–water partition coefficient (Wildman–Crippen LogP) is 3.73. The van der Waals surface area contributed by atoms with Crippen LogP contribution in [0.1, 0.15) is 12.2 Å². The highest BCUT2D eigenvalue weighted by atomic mass is 35.5. The molecule has 0 radical (unpaired) electrons. The molecule has 1 amide bonds. The maximum absolute atomic E-state index is 12.6. The minimum absolute atomic E-state index is 0.0217. The summed E-state index contributed by atoms with van der Waals surface area (Å²) in [7, 11) is 0. The third kappa shape index (κ3) is 4.27. The van der Waals surface area contributed by atoms with E-state index in [4.69, 9.17) is 33.3 Å². The first-order valence-corrected chi connectivity index (χ1v) is 9.44. The molecule has 2 N–H and O–H groups in total. The van der Waals surface area contributed by atoms with Gasteiger partial charge in [0.15, 0.2) is 0 Å². The SMILES string of the molecule is O=C(O)CC(C(=O)O)N1C(=O)C(=Cc2ccc(-c3cccc(Cl)c3)o2)SC1=S. The fourth-order valence-corrected chi connectivity index (χ4v) is 4.09. The quantitative estimate of drug-likeness (QED) is 0.520. The lowest BCUT2D eigenvalue weighted by atomic mass is 10.2. The minimum Gasteiger partial charge on any atom is -0.481 e. The number of aliphatic carboxylic acids is 2.